The summed E-state index contributed by atoms with van der Waals surface area (Å²) in [4.78, 5) is 11.6. The minimum Gasteiger partial charge on any atom is -0.375 e. The number of carbonyl (C=O) groups excluding carboxylic acids is 1. The molecule has 0 aliphatic rings. The Bertz CT molecular complexity index is 377. The van der Waals surface area contributed by atoms with E-state index in [2.05, 4.69) is 10.6 Å². The van der Waals surface area contributed by atoms with E-state index in [0.29, 0.717) is 26.2 Å². The zero-order chi connectivity index (χ0) is 14.1. The van der Waals surface area contributed by atoms with Crippen molar-refractivity contribution in [2.24, 2.45) is 0 Å². The van der Waals surface area contributed by atoms with E-state index < -0.39 is 0 Å². The van der Waals surface area contributed by atoms with Gasteiger partial charge in [-0.2, -0.15) is 0 Å². The van der Waals surface area contributed by atoms with Crippen LogP contribution in [0, 0.1) is 0 Å². The topological polar surface area (TPSA) is 50.4 Å². The molecule has 0 heterocycles. The third kappa shape index (κ3) is 6.94. The van der Waals surface area contributed by atoms with Crippen LogP contribution in [0.4, 0.5) is 0 Å². The molecule has 1 rings (SSSR count). The van der Waals surface area contributed by atoms with Gasteiger partial charge in [-0.3, -0.25) is 4.79 Å². The van der Waals surface area contributed by atoms with Crippen LogP contribution in [0.3, 0.4) is 0 Å². The molecule has 0 bridgehead atoms. The minimum absolute atomic E-state index is 0.00356. The molecule has 0 atom stereocenters. The Labute approximate surface area is 115 Å². The van der Waals surface area contributed by atoms with Gasteiger partial charge in [0, 0.05) is 19.7 Å². The van der Waals surface area contributed by atoms with Crippen molar-refractivity contribution in [2.45, 2.75) is 32.9 Å². The fraction of sp³-hybridized carbons (Fsp3) is 0.533. The second kappa shape index (κ2) is 7.92. The van der Waals surface area contributed by atoms with Gasteiger partial charge in [-0.1, -0.05) is 30.3 Å². The molecule has 2 N–H and O–H groups in total. The average molecular weight is 264 g/mol. The highest BCUT2D eigenvalue weighted by Gasteiger charge is 2.17. The van der Waals surface area contributed by atoms with Gasteiger partial charge in [-0.25, -0.2) is 0 Å². The van der Waals surface area contributed by atoms with Gasteiger partial charge in [0.2, 0.25) is 5.91 Å². The molecule has 0 aliphatic carbocycles. The van der Waals surface area contributed by atoms with Gasteiger partial charge in [0.15, 0.2) is 0 Å². The Balaban J connectivity index is 2.18. The molecular weight excluding hydrogens is 240 g/mol. The third-order valence-electron chi connectivity index (χ3n) is 2.70. The van der Waals surface area contributed by atoms with Crippen molar-refractivity contribution in [3.63, 3.8) is 0 Å². The summed E-state index contributed by atoms with van der Waals surface area (Å²) < 4.78 is 5.55. The molecule has 1 aromatic rings. The summed E-state index contributed by atoms with van der Waals surface area (Å²) in [5, 5.41) is 5.98. The molecule has 0 radical (unpaired) electrons. The lowest BCUT2D eigenvalue weighted by Crippen LogP contribution is -2.42. The number of amides is 1. The van der Waals surface area contributed by atoms with Crippen molar-refractivity contribution in [1.29, 1.82) is 0 Å². The van der Waals surface area contributed by atoms with Gasteiger partial charge in [-0.15, -0.1) is 0 Å². The van der Waals surface area contributed by atoms with E-state index in [4.69, 9.17) is 4.74 Å². The molecule has 0 spiro atoms. The fourth-order valence-electron chi connectivity index (χ4n) is 1.78. The van der Waals surface area contributed by atoms with E-state index >= 15 is 0 Å². The number of carbonyl (C=O) groups is 1. The van der Waals surface area contributed by atoms with Crippen LogP contribution < -0.4 is 10.6 Å². The smallest absolute Gasteiger partial charge is 0.234 e. The maximum Gasteiger partial charge on any atom is 0.234 e. The van der Waals surface area contributed by atoms with E-state index in [9.17, 15) is 4.79 Å². The first-order chi connectivity index (χ1) is 9.03. The van der Waals surface area contributed by atoms with Crippen molar-refractivity contribution in [1.82, 2.24) is 10.6 Å². The number of rotatable bonds is 8. The molecule has 0 saturated heterocycles. The summed E-state index contributed by atoms with van der Waals surface area (Å²) in [6.45, 7) is 8.18. The fourth-order valence-corrected chi connectivity index (χ4v) is 1.78. The van der Waals surface area contributed by atoms with Crippen molar-refractivity contribution in [3.05, 3.63) is 35.9 Å². The van der Waals surface area contributed by atoms with Crippen LogP contribution in [-0.4, -0.2) is 31.2 Å². The molecule has 0 aromatic heterocycles. The van der Waals surface area contributed by atoms with Gasteiger partial charge in [0.25, 0.3) is 0 Å². The highest BCUT2D eigenvalue weighted by molar-refractivity contribution is 5.77. The highest BCUT2D eigenvalue weighted by Crippen LogP contribution is 2.06. The van der Waals surface area contributed by atoms with Crippen molar-refractivity contribution >= 4 is 5.91 Å². The van der Waals surface area contributed by atoms with Gasteiger partial charge in [0.05, 0.1) is 12.1 Å². The largest absolute Gasteiger partial charge is 0.375 e. The van der Waals surface area contributed by atoms with Crippen molar-refractivity contribution in [3.8, 4) is 0 Å². The lowest BCUT2D eigenvalue weighted by atomic mass is 10.1. The molecule has 4 nitrogen and oxygen atoms in total. The number of nitrogens with one attached hydrogen (secondary N) is 2. The lowest BCUT2D eigenvalue weighted by molar-refractivity contribution is -0.120. The number of benzene rings is 1. The average Bonchev–Trinajstić information content (AvgIpc) is 2.37. The Morgan fingerprint density at radius 2 is 1.95 bits per heavy atom. The van der Waals surface area contributed by atoms with Gasteiger partial charge in [-0.05, 0) is 26.3 Å². The molecule has 0 aliphatic heterocycles. The molecule has 1 aromatic carbocycles. The molecule has 0 fully saturated rings. The Morgan fingerprint density at radius 3 is 2.58 bits per heavy atom. The summed E-state index contributed by atoms with van der Waals surface area (Å²) in [6, 6.07) is 9.87. The summed E-state index contributed by atoms with van der Waals surface area (Å²) in [7, 11) is 0. The standard InChI is InChI=1S/C15H24N2O2/c1-4-19-15(2,3)12-16-11-14(18)17-10-13-8-6-5-7-9-13/h5-9,16H,4,10-12H2,1-3H3,(H,17,18). The van der Waals surface area contributed by atoms with E-state index in [0.717, 1.165) is 5.56 Å². The second-order valence-corrected chi connectivity index (χ2v) is 5.06. The van der Waals surface area contributed by atoms with Crippen LogP contribution in [0.2, 0.25) is 0 Å². The van der Waals surface area contributed by atoms with Crippen LogP contribution in [0.5, 0.6) is 0 Å². The van der Waals surface area contributed by atoms with Crippen LogP contribution in [0.15, 0.2) is 30.3 Å². The first kappa shape index (κ1) is 15.7. The molecular formula is C15H24N2O2. The Morgan fingerprint density at radius 1 is 1.26 bits per heavy atom. The maximum atomic E-state index is 11.6. The molecule has 19 heavy (non-hydrogen) atoms. The van der Waals surface area contributed by atoms with E-state index in [1.165, 1.54) is 0 Å². The number of ether oxygens (including phenoxy) is 1. The highest BCUT2D eigenvalue weighted by atomic mass is 16.5. The maximum absolute atomic E-state index is 11.6. The van der Waals surface area contributed by atoms with Crippen LogP contribution >= 0.6 is 0 Å². The summed E-state index contributed by atoms with van der Waals surface area (Å²) in [5.41, 5.74) is 0.861. The lowest BCUT2D eigenvalue weighted by Gasteiger charge is -2.24. The third-order valence-corrected chi connectivity index (χ3v) is 2.70. The van der Waals surface area contributed by atoms with Crippen molar-refractivity contribution in [2.75, 3.05) is 19.7 Å². The molecule has 4 heteroatoms. The predicted molar refractivity (Wildman–Crippen MR) is 76.9 cm³/mol. The van der Waals surface area contributed by atoms with Gasteiger partial charge in [0.1, 0.15) is 0 Å². The molecule has 1 amide bonds. The van der Waals surface area contributed by atoms with E-state index in [-0.39, 0.29) is 11.5 Å². The Hall–Kier alpha value is -1.39. The molecule has 0 saturated carbocycles. The zero-order valence-electron chi connectivity index (χ0n) is 12.0. The van der Waals surface area contributed by atoms with E-state index in [1.807, 2.05) is 51.1 Å². The predicted octanol–water partition coefficient (Wildman–Crippen LogP) is 1.71. The number of hydrogen-bond donors (Lipinski definition) is 2. The van der Waals surface area contributed by atoms with Crippen molar-refractivity contribution < 1.29 is 9.53 Å². The summed E-state index contributed by atoms with van der Waals surface area (Å²) in [6.07, 6.45) is 0. The first-order valence-corrected chi connectivity index (χ1v) is 6.69. The van der Waals surface area contributed by atoms with Crippen LogP contribution in [0.1, 0.15) is 26.3 Å². The number of hydrogen-bond acceptors (Lipinski definition) is 3. The SMILES string of the molecule is CCOC(C)(C)CNCC(=O)NCc1ccccc1. The van der Waals surface area contributed by atoms with Gasteiger partial charge >= 0.3 is 0 Å². The van der Waals surface area contributed by atoms with Crippen LogP contribution in [0.25, 0.3) is 0 Å². The quantitative estimate of drug-likeness (QED) is 0.751. The Kier molecular flexibility index (Phi) is 6.53. The normalized spacial score (nSPS) is 11.3. The summed E-state index contributed by atoms with van der Waals surface area (Å²) in [5.74, 6) is -0.00356. The van der Waals surface area contributed by atoms with Gasteiger partial charge < -0.3 is 15.4 Å². The minimum atomic E-state index is -0.242. The molecule has 106 valence electrons. The zero-order valence-corrected chi connectivity index (χ0v) is 12.0. The van der Waals surface area contributed by atoms with Crippen LogP contribution in [-0.2, 0) is 16.1 Å². The molecule has 0 unspecified atom stereocenters. The monoisotopic (exact) mass is 264 g/mol. The van der Waals surface area contributed by atoms with E-state index in [1.54, 1.807) is 0 Å². The first-order valence-electron chi connectivity index (χ1n) is 6.69. The summed E-state index contributed by atoms with van der Waals surface area (Å²) >= 11 is 0. The second-order valence-electron chi connectivity index (χ2n) is 5.06.